The van der Waals surface area contributed by atoms with Gasteiger partial charge in [-0.15, -0.1) is 0 Å². The Morgan fingerprint density at radius 2 is 1.05 bits per heavy atom. The molecule has 0 amide bonds. The lowest BCUT2D eigenvalue weighted by atomic mass is 10.0. The minimum absolute atomic E-state index is 0.341. The summed E-state index contributed by atoms with van der Waals surface area (Å²) >= 11 is 0. The first-order chi connectivity index (χ1) is 10.8. The number of rotatable bonds is 17. The maximum absolute atomic E-state index is 10.9. The summed E-state index contributed by atoms with van der Waals surface area (Å²) in [6, 6.07) is 0. The maximum Gasteiger partial charge on any atom is 0.425 e. The Kier molecular flexibility index (Phi) is 17.5. The monoisotopic (exact) mass is 311 g/mol. The van der Waals surface area contributed by atoms with Crippen molar-refractivity contribution in [3.05, 3.63) is 0 Å². The standard InChI is InChI=1S/C19H35O3/c1-2-3-4-5-6-7-8-9-10-11-12-13-14-15-16-17-19(21)22-18-20/h2-17H2,1H3. The molecule has 22 heavy (non-hydrogen) atoms. The van der Waals surface area contributed by atoms with Crippen LogP contribution in [0.25, 0.3) is 0 Å². The molecule has 0 aromatic carbocycles. The second-order valence-electron chi connectivity index (χ2n) is 6.26. The van der Waals surface area contributed by atoms with E-state index in [9.17, 15) is 9.59 Å². The van der Waals surface area contributed by atoms with E-state index >= 15 is 0 Å². The van der Waals surface area contributed by atoms with Crippen LogP contribution in [0.1, 0.15) is 110 Å². The zero-order valence-corrected chi connectivity index (χ0v) is 14.5. The summed E-state index contributed by atoms with van der Waals surface area (Å²) in [5.41, 5.74) is 0. The van der Waals surface area contributed by atoms with Crippen molar-refractivity contribution in [3.8, 4) is 0 Å². The average Bonchev–Trinajstić information content (AvgIpc) is 2.51. The summed E-state index contributed by atoms with van der Waals surface area (Å²) in [7, 11) is 0. The highest BCUT2D eigenvalue weighted by molar-refractivity contribution is 5.76. The van der Waals surface area contributed by atoms with Crippen molar-refractivity contribution in [3.63, 3.8) is 0 Å². The van der Waals surface area contributed by atoms with Gasteiger partial charge in [0.2, 0.25) is 0 Å². The first-order valence-corrected chi connectivity index (χ1v) is 9.38. The zero-order valence-electron chi connectivity index (χ0n) is 14.5. The van der Waals surface area contributed by atoms with Crippen LogP contribution in [0.5, 0.6) is 0 Å². The van der Waals surface area contributed by atoms with E-state index in [0.29, 0.717) is 6.42 Å². The number of carbonyl (C=O) groups excluding carboxylic acids is 2. The van der Waals surface area contributed by atoms with E-state index in [0.717, 1.165) is 12.8 Å². The topological polar surface area (TPSA) is 43.4 Å². The molecule has 0 N–H and O–H groups in total. The Bertz CT molecular complexity index is 251. The summed E-state index contributed by atoms with van der Waals surface area (Å²) in [4.78, 5) is 20.7. The Labute approximate surface area is 137 Å². The third-order valence-electron chi connectivity index (χ3n) is 4.14. The van der Waals surface area contributed by atoms with Crippen LogP contribution in [0.3, 0.4) is 0 Å². The number of hydrogen-bond donors (Lipinski definition) is 0. The van der Waals surface area contributed by atoms with Crippen LogP contribution in [0.2, 0.25) is 0 Å². The SMILES string of the molecule is CCCCCCCCCCCCCCCCCC(=O)O[C]=O. The molecule has 0 bridgehead atoms. The molecule has 0 saturated carbocycles. The Morgan fingerprint density at radius 1 is 0.682 bits per heavy atom. The van der Waals surface area contributed by atoms with E-state index in [1.807, 2.05) is 0 Å². The summed E-state index contributed by atoms with van der Waals surface area (Å²) in [5, 5.41) is 0. The lowest BCUT2D eigenvalue weighted by Crippen LogP contribution is -2.01. The van der Waals surface area contributed by atoms with Crippen LogP contribution < -0.4 is 0 Å². The third kappa shape index (κ3) is 17.2. The predicted octanol–water partition coefficient (Wildman–Crippen LogP) is 5.86. The molecule has 0 aliphatic heterocycles. The highest BCUT2D eigenvalue weighted by atomic mass is 16.6. The van der Waals surface area contributed by atoms with E-state index < -0.39 is 5.97 Å². The summed E-state index contributed by atoms with van der Waals surface area (Å²) in [6.45, 7) is 3.43. The molecule has 129 valence electrons. The lowest BCUT2D eigenvalue weighted by Gasteiger charge is -2.03. The minimum Gasteiger partial charge on any atom is -0.384 e. The van der Waals surface area contributed by atoms with Crippen LogP contribution in [-0.2, 0) is 14.3 Å². The highest BCUT2D eigenvalue weighted by Gasteiger charge is 2.01. The van der Waals surface area contributed by atoms with Gasteiger partial charge < -0.3 is 4.74 Å². The van der Waals surface area contributed by atoms with E-state index in [2.05, 4.69) is 11.7 Å². The molecule has 0 atom stereocenters. The Hall–Kier alpha value is -0.860. The van der Waals surface area contributed by atoms with Gasteiger partial charge in [-0.25, -0.2) is 4.79 Å². The molecule has 0 aromatic rings. The van der Waals surface area contributed by atoms with Gasteiger partial charge in [0.25, 0.3) is 0 Å². The number of carbonyl (C=O) groups is 1. The molecule has 0 aliphatic carbocycles. The zero-order chi connectivity index (χ0) is 16.3. The molecule has 0 fully saturated rings. The van der Waals surface area contributed by atoms with Gasteiger partial charge in [0.15, 0.2) is 0 Å². The fourth-order valence-corrected chi connectivity index (χ4v) is 2.74. The van der Waals surface area contributed by atoms with Gasteiger partial charge in [0, 0.05) is 6.42 Å². The van der Waals surface area contributed by atoms with E-state index in [4.69, 9.17) is 0 Å². The van der Waals surface area contributed by atoms with E-state index in [-0.39, 0.29) is 0 Å². The lowest BCUT2D eigenvalue weighted by molar-refractivity contribution is -0.135. The maximum atomic E-state index is 10.9. The molecular formula is C19H35O3. The van der Waals surface area contributed by atoms with Crippen molar-refractivity contribution < 1.29 is 14.3 Å². The molecule has 3 heteroatoms. The predicted molar refractivity (Wildman–Crippen MR) is 91.3 cm³/mol. The number of hydrogen-bond acceptors (Lipinski definition) is 3. The van der Waals surface area contributed by atoms with Crippen molar-refractivity contribution in [2.24, 2.45) is 0 Å². The highest BCUT2D eigenvalue weighted by Crippen LogP contribution is 2.13. The van der Waals surface area contributed by atoms with Gasteiger partial charge in [-0.05, 0) is 6.42 Å². The second kappa shape index (κ2) is 18.2. The molecule has 0 aliphatic rings. The normalized spacial score (nSPS) is 10.6. The van der Waals surface area contributed by atoms with Crippen LogP contribution in [-0.4, -0.2) is 12.4 Å². The van der Waals surface area contributed by atoms with Crippen LogP contribution in [0, 0.1) is 0 Å². The first kappa shape index (κ1) is 21.1. The van der Waals surface area contributed by atoms with Gasteiger partial charge >= 0.3 is 12.4 Å². The van der Waals surface area contributed by atoms with Crippen molar-refractivity contribution in [2.75, 3.05) is 0 Å². The van der Waals surface area contributed by atoms with Gasteiger partial charge in [-0.1, -0.05) is 96.8 Å². The van der Waals surface area contributed by atoms with Gasteiger partial charge in [0.05, 0.1) is 0 Å². The van der Waals surface area contributed by atoms with Gasteiger partial charge in [-0.2, -0.15) is 0 Å². The third-order valence-corrected chi connectivity index (χ3v) is 4.14. The molecule has 0 rings (SSSR count). The van der Waals surface area contributed by atoms with Gasteiger partial charge in [0.1, 0.15) is 0 Å². The molecule has 0 spiro atoms. The average molecular weight is 311 g/mol. The molecular weight excluding hydrogens is 276 g/mol. The largest absolute Gasteiger partial charge is 0.425 e. The van der Waals surface area contributed by atoms with Crippen LogP contribution in [0.15, 0.2) is 0 Å². The first-order valence-electron chi connectivity index (χ1n) is 9.38. The molecule has 0 heterocycles. The van der Waals surface area contributed by atoms with Crippen molar-refractivity contribution in [1.29, 1.82) is 0 Å². The summed E-state index contributed by atoms with van der Waals surface area (Å²) in [5.74, 6) is -0.454. The molecule has 1 radical (unpaired) electrons. The second-order valence-corrected chi connectivity index (χ2v) is 6.26. The molecule has 0 aromatic heterocycles. The van der Waals surface area contributed by atoms with Crippen molar-refractivity contribution in [2.45, 2.75) is 110 Å². The summed E-state index contributed by atoms with van der Waals surface area (Å²) < 4.78 is 4.12. The smallest absolute Gasteiger partial charge is 0.384 e. The van der Waals surface area contributed by atoms with Crippen LogP contribution in [0.4, 0.5) is 0 Å². The molecule has 3 nitrogen and oxygen atoms in total. The number of unbranched alkanes of at least 4 members (excludes halogenated alkanes) is 14. The minimum atomic E-state index is -0.454. The van der Waals surface area contributed by atoms with Crippen molar-refractivity contribution in [1.82, 2.24) is 0 Å². The summed E-state index contributed by atoms with van der Waals surface area (Å²) in [6.07, 6.45) is 19.9. The molecule has 0 unspecified atom stereocenters. The fraction of sp³-hybridized carbons (Fsp3) is 0.895. The Morgan fingerprint density at radius 3 is 1.41 bits per heavy atom. The Balaban J connectivity index is 3.02. The van der Waals surface area contributed by atoms with Crippen molar-refractivity contribution >= 4 is 12.4 Å². The number of ether oxygens (including phenoxy) is 1. The van der Waals surface area contributed by atoms with Crippen LogP contribution >= 0.6 is 0 Å². The number of esters is 1. The fourth-order valence-electron chi connectivity index (χ4n) is 2.74. The van der Waals surface area contributed by atoms with Gasteiger partial charge in [-0.3, -0.25) is 4.79 Å². The molecule has 0 saturated heterocycles. The van der Waals surface area contributed by atoms with E-state index in [1.54, 1.807) is 0 Å². The van der Waals surface area contributed by atoms with E-state index in [1.165, 1.54) is 89.9 Å². The quantitative estimate of drug-likeness (QED) is 0.192.